The largest absolute Gasteiger partial charge is 0.465 e. The molecule has 1 aromatic carbocycles. The van der Waals surface area contributed by atoms with Crippen LogP contribution in [0, 0.1) is 5.92 Å². The minimum atomic E-state index is -1.08. The number of para-hydroxylation sites is 1. The minimum Gasteiger partial charge on any atom is -0.465 e. The first-order valence-electron chi connectivity index (χ1n) is 8.06. The highest BCUT2D eigenvalue weighted by atomic mass is 16.6. The van der Waals surface area contributed by atoms with Gasteiger partial charge in [-0.2, -0.15) is 0 Å². The molecule has 0 radical (unpaired) electrons. The minimum absolute atomic E-state index is 0.00304. The molecule has 0 aliphatic heterocycles. The maximum atomic E-state index is 12.4. The van der Waals surface area contributed by atoms with Crippen LogP contribution in [0.3, 0.4) is 0 Å². The lowest BCUT2D eigenvalue weighted by Gasteiger charge is -2.15. The fraction of sp³-hybridized carbons (Fsp3) is 0.412. The maximum Gasteiger partial charge on any atom is 0.321 e. The molecule has 8 heteroatoms. The fourth-order valence-electron chi connectivity index (χ4n) is 2.30. The van der Waals surface area contributed by atoms with Crippen LogP contribution in [0.15, 0.2) is 35.4 Å². The predicted molar refractivity (Wildman–Crippen MR) is 90.8 cm³/mol. The molecule has 1 heterocycles. The average molecular weight is 347 g/mol. The molecular weight excluding hydrogens is 326 g/mol. The molecule has 0 atom stereocenters. The molecule has 0 saturated carbocycles. The summed E-state index contributed by atoms with van der Waals surface area (Å²) < 4.78 is 11.2. The summed E-state index contributed by atoms with van der Waals surface area (Å²) in [4.78, 5) is 40.4. The van der Waals surface area contributed by atoms with Crippen LogP contribution < -0.4 is 10.9 Å². The number of carbonyl (C=O) groups excluding carboxylic acids is 2. The molecule has 0 bridgehead atoms. The number of aromatic nitrogens is 2. The molecule has 25 heavy (non-hydrogen) atoms. The van der Waals surface area contributed by atoms with Crippen LogP contribution >= 0.6 is 0 Å². The van der Waals surface area contributed by atoms with Gasteiger partial charge in [0.05, 0.1) is 37.1 Å². The van der Waals surface area contributed by atoms with Gasteiger partial charge in [0, 0.05) is 6.54 Å². The van der Waals surface area contributed by atoms with Gasteiger partial charge in [-0.05, 0) is 26.0 Å². The highest BCUT2D eigenvalue weighted by Crippen LogP contribution is 2.05. The van der Waals surface area contributed by atoms with Crippen molar-refractivity contribution in [3.8, 4) is 0 Å². The number of esters is 2. The average Bonchev–Trinajstić information content (AvgIpc) is 2.61. The Balaban J connectivity index is 2.06. The summed E-state index contributed by atoms with van der Waals surface area (Å²) in [5, 5.41) is 3.41. The maximum absolute atomic E-state index is 12.4. The van der Waals surface area contributed by atoms with Gasteiger partial charge in [0.25, 0.3) is 5.56 Å². The number of carbonyl (C=O) groups is 2. The molecule has 0 spiro atoms. The first-order valence-corrected chi connectivity index (χ1v) is 8.06. The van der Waals surface area contributed by atoms with Crippen LogP contribution in [0.4, 0.5) is 0 Å². The molecule has 8 nitrogen and oxygen atoms in total. The third-order valence-corrected chi connectivity index (χ3v) is 3.50. The normalized spacial score (nSPS) is 10.8. The van der Waals surface area contributed by atoms with Gasteiger partial charge in [0.15, 0.2) is 5.92 Å². The molecule has 0 amide bonds. The number of benzene rings is 1. The molecule has 1 aromatic heterocycles. The van der Waals surface area contributed by atoms with E-state index in [1.54, 1.807) is 38.1 Å². The number of nitrogens with zero attached hydrogens (tertiary/aromatic N) is 2. The van der Waals surface area contributed by atoms with E-state index in [4.69, 9.17) is 9.47 Å². The molecule has 0 aliphatic carbocycles. The van der Waals surface area contributed by atoms with E-state index in [0.29, 0.717) is 10.9 Å². The van der Waals surface area contributed by atoms with E-state index in [1.807, 2.05) is 0 Å². The molecule has 0 saturated heterocycles. The Labute approximate surface area is 144 Å². The van der Waals surface area contributed by atoms with Gasteiger partial charge in [0.2, 0.25) is 0 Å². The fourth-order valence-corrected chi connectivity index (χ4v) is 2.30. The van der Waals surface area contributed by atoms with Crippen LogP contribution in [0.1, 0.15) is 13.8 Å². The summed E-state index contributed by atoms with van der Waals surface area (Å²) in [6, 6.07) is 7.02. The third kappa shape index (κ3) is 4.63. The van der Waals surface area contributed by atoms with Crippen LogP contribution in [0.25, 0.3) is 10.9 Å². The summed E-state index contributed by atoms with van der Waals surface area (Å²) in [5.41, 5.74) is 0.404. The van der Waals surface area contributed by atoms with Crippen molar-refractivity contribution in [1.29, 1.82) is 0 Å². The molecule has 2 rings (SSSR count). The number of hydrogen-bond acceptors (Lipinski definition) is 7. The second-order valence-electron chi connectivity index (χ2n) is 5.21. The summed E-state index contributed by atoms with van der Waals surface area (Å²) in [5.74, 6) is -2.39. The van der Waals surface area contributed by atoms with Gasteiger partial charge in [0.1, 0.15) is 0 Å². The Bertz CT molecular complexity index is 784. The molecule has 134 valence electrons. The van der Waals surface area contributed by atoms with Crippen LogP contribution in [-0.4, -0.2) is 41.2 Å². The van der Waals surface area contributed by atoms with Gasteiger partial charge < -0.3 is 9.47 Å². The zero-order chi connectivity index (χ0) is 18.2. The zero-order valence-electron chi connectivity index (χ0n) is 14.2. The van der Waals surface area contributed by atoms with Gasteiger partial charge in [-0.15, -0.1) is 0 Å². The highest BCUT2D eigenvalue weighted by molar-refractivity contribution is 5.95. The van der Waals surface area contributed by atoms with Crippen molar-refractivity contribution in [2.75, 3.05) is 19.8 Å². The molecule has 0 aliphatic rings. The van der Waals surface area contributed by atoms with Crippen LogP contribution in [0.2, 0.25) is 0 Å². The number of ether oxygens (including phenoxy) is 2. The van der Waals surface area contributed by atoms with E-state index in [2.05, 4.69) is 10.3 Å². The monoisotopic (exact) mass is 347 g/mol. The van der Waals surface area contributed by atoms with E-state index in [1.165, 1.54) is 10.9 Å². The summed E-state index contributed by atoms with van der Waals surface area (Å²) >= 11 is 0. The molecule has 2 aromatic rings. The quantitative estimate of drug-likeness (QED) is 0.554. The molecular formula is C17H21N3O5. The summed E-state index contributed by atoms with van der Waals surface area (Å²) in [7, 11) is 0. The third-order valence-electron chi connectivity index (χ3n) is 3.50. The first kappa shape index (κ1) is 18.6. The molecule has 0 unspecified atom stereocenters. The SMILES string of the molecule is CCOC(=O)C(CNCn1cnc2ccccc2c1=O)C(=O)OCC. The van der Waals surface area contributed by atoms with Crippen LogP contribution in [-0.2, 0) is 25.7 Å². The van der Waals surface area contributed by atoms with Crippen molar-refractivity contribution in [3.63, 3.8) is 0 Å². The van der Waals surface area contributed by atoms with Gasteiger partial charge in [-0.1, -0.05) is 12.1 Å². The number of fused-ring (bicyclic) bond motifs is 1. The lowest BCUT2D eigenvalue weighted by molar-refractivity contribution is -0.161. The second-order valence-corrected chi connectivity index (χ2v) is 5.21. The van der Waals surface area contributed by atoms with Crippen molar-refractivity contribution in [2.24, 2.45) is 5.92 Å². The lowest BCUT2D eigenvalue weighted by Crippen LogP contribution is -2.39. The Morgan fingerprint density at radius 2 is 1.80 bits per heavy atom. The zero-order valence-corrected chi connectivity index (χ0v) is 14.2. The second kappa shape index (κ2) is 8.93. The van der Waals surface area contributed by atoms with E-state index in [0.717, 1.165) is 0 Å². The highest BCUT2D eigenvalue weighted by Gasteiger charge is 2.29. The number of hydrogen-bond donors (Lipinski definition) is 1. The van der Waals surface area contributed by atoms with Crippen LogP contribution in [0.5, 0.6) is 0 Å². The standard InChI is InChI=1S/C17H21N3O5/c1-3-24-16(22)13(17(23)25-4-2)9-18-10-20-11-19-14-8-6-5-7-12(14)15(20)21/h5-8,11,13,18H,3-4,9-10H2,1-2H3. The number of nitrogens with one attached hydrogen (secondary N) is 1. The summed E-state index contributed by atoms with van der Waals surface area (Å²) in [6.07, 6.45) is 1.42. The smallest absolute Gasteiger partial charge is 0.321 e. The van der Waals surface area contributed by atoms with E-state index < -0.39 is 17.9 Å². The Kier molecular flexibility index (Phi) is 6.64. The van der Waals surface area contributed by atoms with E-state index in [9.17, 15) is 14.4 Å². The Hall–Kier alpha value is -2.74. The van der Waals surface area contributed by atoms with Crippen molar-refractivity contribution in [1.82, 2.24) is 14.9 Å². The van der Waals surface area contributed by atoms with E-state index >= 15 is 0 Å². The van der Waals surface area contributed by atoms with Gasteiger partial charge >= 0.3 is 11.9 Å². The van der Waals surface area contributed by atoms with Crippen molar-refractivity contribution in [3.05, 3.63) is 40.9 Å². The van der Waals surface area contributed by atoms with Gasteiger partial charge in [-0.3, -0.25) is 24.3 Å². The van der Waals surface area contributed by atoms with Crippen molar-refractivity contribution in [2.45, 2.75) is 20.5 Å². The summed E-state index contributed by atoms with van der Waals surface area (Å²) in [6.45, 7) is 3.76. The number of rotatable bonds is 8. The lowest BCUT2D eigenvalue weighted by atomic mass is 10.1. The molecule has 0 fully saturated rings. The topological polar surface area (TPSA) is 99.5 Å². The molecule has 1 N–H and O–H groups in total. The Morgan fingerprint density at radius 3 is 2.44 bits per heavy atom. The van der Waals surface area contributed by atoms with Gasteiger partial charge in [-0.25, -0.2) is 4.98 Å². The van der Waals surface area contributed by atoms with Crippen molar-refractivity contribution < 1.29 is 19.1 Å². The first-order chi connectivity index (χ1) is 12.1. The van der Waals surface area contributed by atoms with E-state index in [-0.39, 0.29) is 32.0 Å². The Morgan fingerprint density at radius 1 is 1.16 bits per heavy atom. The van der Waals surface area contributed by atoms with Crippen molar-refractivity contribution >= 4 is 22.8 Å². The predicted octanol–water partition coefficient (Wildman–Crippen LogP) is 0.686.